The number of ether oxygens (including phenoxy) is 1. The number of carbonyl (C=O) groups is 1. The molecule has 1 aromatic carbocycles. The molecule has 1 aromatic rings. The van der Waals surface area contributed by atoms with Crippen molar-refractivity contribution in [2.45, 2.75) is 26.2 Å². The van der Waals surface area contributed by atoms with Gasteiger partial charge in [0.2, 0.25) is 5.91 Å². The summed E-state index contributed by atoms with van der Waals surface area (Å²) in [4.78, 5) is 21.7. The second kappa shape index (κ2) is 8.15. The van der Waals surface area contributed by atoms with Crippen LogP contribution in [0, 0.1) is 10.1 Å². The number of amides is 1. The average molecular weight is 311 g/mol. The summed E-state index contributed by atoms with van der Waals surface area (Å²) in [5, 5.41) is 16.2. The van der Waals surface area contributed by atoms with Gasteiger partial charge >= 0.3 is 0 Å². The summed E-state index contributed by atoms with van der Waals surface area (Å²) < 4.78 is 5.07. The van der Waals surface area contributed by atoms with Crippen molar-refractivity contribution < 1.29 is 14.5 Å². The van der Waals surface area contributed by atoms with Crippen molar-refractivity contribution >= 4 is 34.6 Å². The molecule has 0 aromatic heterocycles. The van der Waals surface area contributed by atoms with E-state index in [2.05, 4.69) is 10.6 Å². The Morgan fingerprint density at radius 2 is 2.19 bits per heavy atom. The highest BCUT2D eigenvalue weighted by molar-refractivity contribution is 7.80. The normalized spacial score (nSPS) is 9.81. The molecule has 114 valence electrons. The van der Waals surface area contributed by atoms with Crippen LogP contribution in [-0.2, 0) is 4.79 Å². The number of benzene rings is 1. The molecule has 2 N–H and O–H groups in total. The van der Waals surface area contributed by atoms with Gasteiger partial charge in [-0.05, 0) is 24.7 Å². The van der Waals surface area contributed by atoms with Crippen molar-refractivity contribution in [3.05, 3.63) is 28.3 Å². The third-order valence-corrected chi connectivity index (χ3v) is 2.86. The average Bonchev–Trinajstić information content (AvgIpc) is 2.45. The first-order chi connectivity index (χ1) is 9.97. The third kappa shape index (κ3) is 5.35. The summed E-state index contributed by atoms with van der Waals surface area (Å²) in [7, 11) is 1.40. The fourth-order valence-electron chi connectivity index (χ4n) is 1.58. The van der Waals surface area contributed by atoms with Gasteiger partial charge in [-0.1, -0.05) is 13.3 Å². The molecule has 0 radical (unpaired) electrons. The molecule has 0 atom stereocenters. The van der Waals surface area contributed by atoms with Crippen molar-refractivity contribution in [1.29, 1.82) is 0 Å². The van der Waals surface area contributed by atoms with Gasteiger partial charge in [-0.15, -0.1) is 0 Å². The van der Waals surface area contributed by atoms with Crippen molar-refractivity contribution in [1.82, 2.24) is 5.32 Å². The zero-order chi connectivity index (χ0) is 15.8. The lowest BCUT2D eigenvalue weighted by molar-refractivity contribution is -0.384. The number of hydrogen-bond donors (Lipinski definition) is 2. The summed E-state index contributed by atoms with van der Waals surface area (Å²) in [5.41, 5.74) is 0.360. The van der Waals surface area contributed by atoms with Crippen LogP contribution in [0.3, 0.4) is 0 Å². The number of non-ortho nitro benzene ring substituents is 1. The van der Waals surface area contributed by atoms with E-state index in [1.54, 1.807) is 0 Å². The number of carbonyl (C=O) groups excluding carboxylic acids is 1. The van der Waals surface area contributed by atoms with Crippen molar-refractivity contribution in [2.24, 2.45) is 0 Å². The number of hydrogen-bond acceptors (Lipinski definition) is 5. The highest BCUT2D eigenvalue weighted by atomic mass is 32.1. The zero-order valence-corrected chi connectivity index (χ0v) is 12.7. The molecule has 7 nitrogen and oxygen atoms in total. The summed E-state index contributed by atoms with van der Waals surface area (Å²) in [6.45, 7) is 1.99. The zero-order valence-electron chi connectivity index (χ0n) is 11.8. The van der Waals surface area contributed by atoms with E-state index in [-0.39, 0.29) is 22.5 Å². The molecule has 8 heteroatoms. The predicted octanol–water partition coefficient (Wildman–Crippen LogP) is 2.61. The number of nitrogens with one attached hydrogen (secondary N) is 2. The monoisotopic (exact) mass is 311 g/mol. The number of anilines is 1. The minimum Gasteiger partial charge on any atom is -0.494 e. The number of unbranched alkanes of at least 4 members (excludes halogenated alkanes) is 1. The van der Waals surface area contributed by atoms with E-state index in [0.717, 1.165) is 12.8 Å². The van der Waals surface area contributed by atoms with E-state index in [1.165, 1.54) is 25.3 Å². The number of nitrogens with zero attached hydrogens (tertiary/aromatic N) is 1. The maximum Gasteiger partial charge on any atom is 0.273 e. The van der Waals surface area contributed by atoms with Gasteiger partial charge in [0, 0.05) is 12.5 Å². The molecule has 0 aliphatic rings. The van der Waals surface area contributed by atoms with Gasteiger partial charge in [0.05, 0.1) is 23.8 Å². The number of thiocarbonyl (C=S) groups is 1. The van der Waals surface area contributed by atoms with E-state index < -0.39 is 4.92 Å². The summed E-state index contributed by atoms with van der Waals surface area (Å²) >= 11 is 5.02. The van der Waals surface area contributed by atoms with Crippen LogP contribution in [0.5, 0.6) is 5.75 Å². The smallest absolute Gasteiger partial charge is 0.273 e. The van der Waals surface area contributed by atoms with Gasteiger partial charge in [0.15, 0.2) is 5.11 Å². The minimum absolute atomic E-state index is 0.0877. The van der Waals surface area contributed by atoms with E-state index in [1.807, 2.05) is 6.92 Å². The number of methoxy groups -OCH3 is 1. The number of nitro groups is 1. The Kier molecular flexibility index (Phi) is 6.54. The molecule has 1 rings (SSSR count). The van der Waals surface area contributed by atoms with Crippen LogP contribution >= 0.6 is 12.2 Å². The van der Waals surface area contributed by atoms with Crippen molar-refractivity contribution in [3.8, 4) is 5.75 Å². The Balaban J connectivity index is 2.71. The SMILES string of the molecule is CCCCC(=O)NC(=S)Nc1ccc([N+](=O)[O-])cc1OC. The molecule has 0 spiro atoms. The molecule has 0 bridgehead atoms. The molecule has 1 amide bonds. The topological polar surface area (TPSA) is 93.5 Å². The second-order valence-electron chi connectivity index (χ2n) is 4.25. The standard InChI is InChI=1S/C13H17N3O4S/c1-3-4-5-12(17)15-13(21)14-10-7-6-9(16(18)19)8-11(10)20-2/h6-8H,3-5H2,1-2H3,(H2,14,15,17,21). The maximum absolute atomic E-state index is 11.5. The molecular weight excluding hydrogens is 294 g/mol. The van der Waals surface area contributed by atoms with Crippen LogP contribution in [0.1, 0.15) is 26.2 Å². The van der Waals surface area contributed by atoms with Crippen LogP contribution < -0.4 is 15.4 Å². The molecule has 0 saturated carbocycles. The highest BCUT2D eigenvalue weighted by Gasteiger charge is 2.13. The van der Waals surface area contributed by atoms with Crippen LogP contribution in [0.4, 0.5) is 11.4 Å². The Bertz CT molecular complexity index is 548. The number of nitro benzene ring substituents is 1. The van der Waals surface area contributed by atoms with Gasteiger partial charge in [-0.2, -0.15) is 0 Å². The molecule has 21 heavy (non-hydrogen) atoms. The predicted molar refractivity (Wildman–Crippen MR) is 83.5 cm³/mol. The molecule has 0 unspecified atom stereocenters. The van der Waals surface area contributed by atoms with Crippen molar-refractivity contribution in [2.75, 3.05) is 12.4 Å². The van der Waals surface area contributed by atoms with E-state index in [4.69, 9.17) is 17.0 Å². The highest BCUT2D eigenvalue weighted by Crippen LogP contribution is 2.28. The first kappa shape index (κ1) is 16.8. The van der Waals surface area contributed by atoms with Gasteiger partial charge < -0.3 is 15.4 Å². The molecule has 0 aliphatic heterocycles. The summed E-state index contributed by atoms with van der Waals surface area (Å²) in [5.74, 6) is 0.101. The fraction of sp³-hybridized carbons (Fsp3) is 0.385. The second-order valence-corrected chi connectivity index (χ2v) is 4.66. The van der Waals surface area contributed by atoms with Crippen LogP contribution in [0.2, 0.25) is 0 Å². The summed E-state index contributed by atoms with van der Waals surface area (Å²) in [6, 6.07) is 4.08. The minimum atomic E-state index is -0.517. The Hall–Kier alpha value is -2.22. The Labute approximate surface area is 127 Å². The quantitative estimate of drug-likeness (QED) is 0.476. The maximum atomic E-state index is 11.5. The lowest BCUT2D eigenvalue weighted by Gasteiger charge is -2.12. The fourth-order valence-corrected chi connectivity index (χ4v) is 1.80. The van der Waals surface area contributed by atoms with Crippen LogP contribution in [-0.4, -0.2) is 23.1 Å². The number of rotatable bonds is 6. The molecular formula is C13H17N3O4S. The first-order valence-corrected chi connectivity index (χ1v) is 6.82. The van der Waals surface area contributed by atoms with Crippen molar-refractivity contribution in [3.63, 3.8) is 0 Å². The lowest BCUT2D eigenvalue weighted by atomic mass is 10.2. The Morgan fingerprint density at radius 1 is 1.48 bits per heavy atom. The molecule has 0 fully saturated rings. The van der Waals surface area contributed by atoms with Gasteiger partial charge in [-0.25, -0.2) is 0 Å². The first-order valence-electron chi connectivity index (χ1n) is 6.41. The molecule has 0 saturated heterocycles. The van der Waals surface area contributed by atoms with E-state index in [9.17, 15) is 14.9 Å². The van der Waals surface area contributed by atoms with Gasteiger partial charge in [-0.3, -0.25) is 14.9 Å². The molecule has 0 heterocycles. The van der Waals surface area contributed by atoms with E-state index >= 15 is 0 Å². The van der Waals surface area contributed by atoms with Crippen LogP contribution in [0.25, 0.3) is 0 Å². The van der Waals surface area contributed by atoms with Gasteiger partial charge in [0.1, 0.15) is 5.75 Å². The molecule has 0 aliphatic carbocycles. The van der Waals surface area contributed by atoms with Gasteiger partial charge in [0.25, 0.3) is 5.69 Å². The summed E-state index contributed by atoms with van der Waals surface area (Å²) in [6.07, 6.45) is 2.11. The van der Waals surface area contributed by atoms with Crippen LogP contribution in [0.15, 0.2) is 18.2 Å². The Morgan fingerprint density at radius 3 is 2.76 bits per heavy atom. The van der Waals surface area contributed by atoms with E-state index in [0.29, 0.717) is 12.1 Å². The lowest BCUT2D eigenvalue weighted by Crippen LogP contribution is -2.34. The third-order valence-electron chi connectivity index (χ3n) is 2.65. The largest absolute Gasteiger partial charge is 0.494 e.